The van der Waals surface area contributed by atoms with E-state index in [0.29, 0.717) is 0 Å². The molecule has 0 saturated heterocycles. The van der Waals surface area contributed by atoms with Crippen molar-refractivity contribution in [2.75, 3.05) is 13.7 Å². The van der Waals surface area contributed by atoms with Crippen LogP contribution in [0.1, 0.15) is 96.1 Å². The van der Waals surface area contributed by atoms with Crippen LogP contribution in [0, 0.1) is 0 Å². The van der Waals surface area contributed by atoms with Crippen LogP contribution in [0.3, 0.4) is 0 Å². The van der Waals surface area contributed by atoms with Gasteiger partial charge in [-0.05, 0) is 24.5 Å². The van der Waals surface area contributed by atoms with E-state index in [1.807, 2.05) is 0 Å². The minimum atomic E-state index is 0.0829. The lowest BCUT2D eigenvalue weighted by Gasteiger charge is -2.10. The van der Waals surface area contributed by atoms with Crippen LogP contribution in [0.2, 0.25) is 0 Å². The second-order valence-electron chi connectivity index (χ2n) is 8.55. The van der Waals surface area contributed by atoms with Crippen molar-refractivity contribution in [3.63, 3.8) is 0 Å². The van der Waals surface area contributed by atoms with Gasteiger partial charge in [0.05, 0.1) is 5.56 Å². The first-order valence-electron chi connectivity index (χ1n) is 10.9. The van der Waals surface area contributed by atoms with Gasteiger partial charge in [0.15, 0.2) is 12.1 Å². The number of aryl methyl sites for hydroxylation is 1. The molecule has 0 aromatic heterocycles. The van der Waals surface area contributed by atoms with Crippen LogP contribution in [0.4, 0.5) is 0 Å². The molecule has 2 heteroatoms. The number of benzene rings is 1. The van der Waals surface area contributed by atoms with E-state index in [1.165, 1.54) is 75.3 Å². The van der Waals surface area contributed by atoms with Crippen molar-refractivity contribution in [2.24, 2.45) is 0 Å². The molecule has 146 valence electrons. The molecular weight excluding hydrogens is 318 g/mol. The molecule has 1 heterocycles. The van der Waals surface area contributed by atoms with E-state index in [2.05, 4.69) is 56.7 Å². The average Bonchev–Trinajstić information content (AvgIpc) is 2.90. The lowest BCUT2D eigenvalue weighted by Crippen LogP contribution is -2.33. The quantitative estimate of drug-likeness (QED) is 0.313. The van der Waals surface area contributed by atoms with Crippen LogP contribution >= 0.6 is 0 Å². The summed E-state index contributed by atoms with van der Waals surface area (Å²) in [6.45, 7) is 7.54. The molecule has 0 N–H and O–H groups in total. The summed E-state index contributed by atoms with van der Waals surface area (Å²) in [6, 6.07) is 8.79. The minimum absolute atomic E-state index is 0.0829. The first kappa shape index (κ1) is 21.0. The van der Waals surface area contributed by atoms with Crippen molar-refractivity contribution in [1.29, 1.82) is 0 Å². The lowest BCUT2D eigenvalue weighted by atomic mass is 9.99. The summed E-state index contributed by atoms with van der Waals surface area (Å²) in [4.78, 5) is 0. The topological polar surface area (TPSA) is 12.2 Å². The van der Waals surface area contributed by atoms with Crippen molar-refractivity contribution in [3.05, 3.63) is 35.4 Å². The van der Waals surface area contributed by atoms with E-state index in [-0.39, 0.29) is 5.54 Å². The molecule has 0 fully saturated rings. The smallest absolute Gasteiger partial charge is 0.370 e. The van der Waals surface area contributed by atoms with E-state index in [4.69, 9.17) is 4.74 Å². The fourth-order valence-corrected chi connectivity index (χ4v) is 3.72. The number of likely N-dealkylation sites (N-methyl/N-ethyl adjacent to an activating group) is 1. The van der Waals surface area contributed by atoms with Gasteiger partial charge in [0.2, 0.25) is 0 Å². The van der Waals surface area contributed by atoms with Gasteiger partial charge in [-0.15, -0.1) is 0 Å². The molecule has 2 nitrogen and oxygen atoms in total. The molecule has 0 bridgehead atoms. The van der Waals surface area contributed by atoms with Gasteiger partial charge >= 0.3 is 5.90 Å². The monoisotopic (exact) mass is 358 g/mol. The van der Waals surface area contributed by atoms with Crippen molar-refractivity contribution >= 4 is 5.90 Å². The van der Waals surface area contributed by atoms with Gasteiger partial charge in [0.25, 0.3) is 0 Å². The van der Waals surface area contributed by atoms with Crippen LogP contribution in [0.15, 0.2) is 24.3 Å². The molecule has 2 rings (SSSR count). The molecule has 0 amide bonds. The van der Waals surface area contributed by atoms with Gasteiger partial charge in [-0.1, -0.05) is 82.9 Å². The standard InChI is InChI=1S/C24H40NO/c1-5-6-7-8-9-10-11-12-13-14-17-21-18-15-16-19-22(21)23-25(4)24(2,3)20-26-23/h15-16,18-19H,5-14,17,20H2,1-4H3/q+1. The van der Waals surface area contributed by atoms with Crippen LogP contribution in [-0.2, 0) is 11.2 Å². The maximum atomic E-state index is 6.05. The molecule has 1 aliphatic rings. The Bertz CT molecular complexity index is 573. The Labute approximate surface area is 161 Å². The third-order valence-corrected chi connectivity index (χ3v) is 5.82. The van der Waals surface area contributed by atoms with Gasteiger partial charge in [0.1, 0.15) is 7.05 Å². The fraction of sp³-hybridized carbons (Fsp3) is 0.708. The highest BCUT2D eigenvalue weighted by molar-refractivity contribution is 5.92. The summed E-state index contributed by atoms with van der Waals surface area (Å²) in [6.07, 6.45) is 15.1. The molecular formula is C24H40NO+. The van der Waals surface area contributed by atoms with Crippen molar-refractivity contribution in [1.82, 2.24) is 0 Å². The highest BCUT2D eigenvalue weighted by Crippen LogP contribution is 2.22. The Kier molecular flexibility index (Phi) is 8.68. The summed E-state index contributed by atoms with van der Waals surface area (Å²) in [5.41, 5.74) is 2.81. The Hall–Kier alpha value is -1.31. The SMILES string of the molecule is CCCCCCCCCCCCc1ccccc1C1=[N+](C)C(C)(C)CO1. The Morgan fingerprint density at radius 3 is 2.04 bits per heavy atom. The van der Waals surface area contributed by atoms with E-state index in [9.17, 15) is 0 Å². The Morgan fingerprint density at radius 2 is 1.46 bits per heavy atom. The Morgan fingerprint density at radius 1 is 0.885 bits per heavy atom. The van der Waals surface area contributed by atoms with Gasteiger partial charge < -0.3 is 4.74 Å². The molecule has 1 aromatic rings. The Balaban J connectivity index is 1.73. The van der Waals surface area contributed by atoms with Gasteiger partial charge in [-0.3, -0.25) is 0 Å². The molecule has 0 atom stereocenters. The third-order valence-electron chi connectivity index (χ3n) is 5.82. The van der Waals surface area contributed by atoms with E-state index in [0.717, 1.165) is 18.9 Å². The number of rotatable bonds is 12. The summed E-state index contributed by atoms with van der Waals surface area (Å²) in [5, 5.41) is 0. The maximum Gasteiger partial charge on any atom is 0.370 e. The predicted molar refractivity (Wildman–Crippen MR) is 112 cm³/mol. The van der Waals surface area contributed by atoms with Gasteiger partial charge in [-0.25, -0.2) is 0 Å². The molecule has 26 heavy (non-hydrogen) atoms. The van der Waals surface area contributed by atoms with Gasteiger partial charge in [0, 0.05) is 13.8 Å². The molecule has 0 aliphatic carbocycles. The highest BCUT2D eigenvalue weighted by atomic mass is 16.5. The predicted octanol–water partition coefficient (Wildman–Crippen LogP) is 6.35. The van der Waals surface area contributed by atoms with Crippen molar-refractivity contribution in [3.8, 4) is 0 Å². The zero-order valence-electron chi connectivity index (χ0n) is 17.7. The summed E-state index contributed by atoms with van der Waals surface area (Å²) in [5.74, 6) is 1.05. The molecule has 0 unspecified atom stereocenters. The average molecular weight is 359 g/mol. The second-order valence-corrected chi connectivity index (χ2v) is 8.55. The molecule has 1 aliphatic heterocycles. The molecule has 0 radical (unpaired) electrons. The first-order chi connectivity index (χ1) is 12.6. The number of hydrogen-bond acceptors (Lipinski definition) is 1. The largest absolute Gasteiger partial charge is 0.437 e. The maximum absolute atomic E-state index is 6.05. The zero-order chi connectivity index (χ0) is 18.8. The van der Waals surface area contributed by atoms with E-state index >= 15 is 0 Å². The zero-order valence-corrected chi connectivity index (χ0v) is 17.7. The molecule has 0 spiro atoms. The molecule has 0 saturated carbocycles. The minimum Gasteiger partial charge on any atom is -0.437 e. The van der Waals surface area contributed by atoms with Crippen molar-refractivity contribution < 1.29 is 9.31 Å². The summed E-state index contributed by atoms with van der Waals surface area (Å²) >= 11 is 0. The van der Waals surface area contributed by atoms with Crippen LogP contribution in [0.5, 0.6) is 0 Å². The summed E-state index contributed by atoms with van der Waals surface area (Å²) in [7, 11) is 2.15. The normalized spacial score (nSPS) is 16.2. The lowest BCUT2D eigenvalue weighted by molar-refractivity contribution is -0.562. The van der Waals surface area contributed by atoms with Gasteiger partial charge in [-0.2, -0.15) is 4.58 Å². The number of unbranched alkanes of at least 4 members (excludes halogenated alkanes) is 9. The molecule has 1 aromatic carbocycles. The van der Waals surface area contributed by atoms with E-state index in [1.54, 1.807) is 0 Å². The number of hydrogen-bond donors (Lipinski definition) is 0. The number of nitrogens with zero attached hydrogens (tertiary/aromatic N) is 1. The van der Waals surface area contributed by atoms with Crippen LogP contribution in [0.25, 0.3) is 0 Å². The van der Waals surface area contributed by atoms with Crippen molar-refractivity contribution in [2.45, 2.75) is 96.9 Å². The number of ether oxygens (including phenoxy) is 1. The van der Waals surface area contributed by atoms with E-state index < -0.39 is 0 Å². The fourth-order valence-electron chi connectivity index (χ4n) is 3.72. The van der Waals surface area contributed by atoms with Crippen LogP contribution in [-0.4, -0.2) is 29.7 Å². The highest BCUT2D eigenvalue weighted by Gasteiger charge is 2.40. The summed E-state index contributed by atoms with van der Waals surface area (Å²) < 4.78 is 8.35. The third kappa shape index (κ3) is 6.14. The second kappa shape index (κ2) is 10.7. The van der Waals surface area contributed by atoms with Crippen LogP contribution < -0.4 is 0 Å². The first-order valence-corrected chi connectivity index (χ1v) is 10.9.